The average molecular weight is 440 g/mol. The molecule has 3 atom stereocenters. The van der Waals surface area contributed by atoms with Gasteiger partial charge in [-0.15, -0.1) is 11.8 Å². The molecule has 1 aromatic rings. The first kappa shape index (κ1) is 25.7. The largest absolute Gasteiger partial charge is 0.481 e. The zero-order valence-corrected chi connectivity index (χ0v) is 19.2. The van der Waals surface area contributed by atoms with Gasteiger partial charge < -0.3 is 15.1 Å². The Morgan fingerprint density at radius 3 is 2.69 bits per heavy atom. The van der Waals surface area contributed by atoms with Crippen LogP contribution in [0.25, 0.3) is 0 Å². The first-order chi connectivity index (χ1) is 15.5. The predicted molar refractivity (Wildman–Crippen MR) is 127 cm³/mol. The van der Waals surface area contributed by atoms with E-state index < -0.39 is 12.1 Å². The van der Waals surface area contributed by atoms with Gasteiger partial charge in [-0.1, -0.05) is 62.2 Å². The van der Waals surface area contributed by atoms with Gasteiger partial charge in [0.15, 0.2) is 0 Å². The number of aliphatic carboxylic acids is 1. The van der Waals surface area contributed by atoms with Gasteiger partial charge in [0, 0.05) is 32.2 Å². The highest BCUT2D eigenvalue weighted by molar-refractivity contribution is 5.79. The Morgan fingerprint density at radius 2 is 1.94 bits per heavy atom. The summed E-state index contributed by atoms with van der Waals surface area (Å²) >= 11 is 0. The molecule has 5 nitrogen and oxygen atoms in total. The van der Waals surface area contributed by atoms with Crippen LogP contribution in [0.2, 0.25) is 0 Å². The van der Waals surface area contributed by atoms with Crippen molar-refractivity contribution >= 4 is 11.9 Å². The average Bonchev–Trinajstić information content (AvgIpc) is 3.13. The lowest BCUT2D eigenvalue weighted by Crippen LogP contribution is -2.33. The number of amides is 1. The second-order valence-corrected chi connectivity index (χ2v) is 8.65. The van der Waals surface area contributed by atoms with E-state index in [0.29, 0.717) is 25.8 Å². The highest BCUT2D eigenvalue weighted by atomic mass is 16.4. The zero-order chi connectivity index (χ0) is 23.2. The van der Waals surface area contributed by atoms with Gasteiger partial charge in [-0.2, -0.15) is 0 Å². The van der Waals surface area contributed by atoms with Crippen LogP contribution in [0.5, 0.6) is 0 Å². The number of aliphatic hydroxyl groups excluding tert-OH is 1. The molecule has 1 aliphatic rings. The summed E-state index contributed by atoms with van der Waals surface area (Å²) in [4.78, 5) is 24.7. The van der Waals surface area contributed by atoms with E-state index in [1.54, 1.807) is 0 Å². The van der Waals surface area contributed by atoms with Gasteiger partial charge in [0.1, 0.15) is 0 Å². The van der Waals surface area contributed by atoms with Crippen molar-refractivity contribution in [1.82, 2.24) is 4.90 Å². The molecule has 2 rings (SSSR count). The van der Waals surface area contributed by atoms with Gasteiger partial charge in [0.05, 0.1) is 12.1 Å². The van der Waals surface area contributed by atoms with E-state index in [2.05, 4.69) is 24.0 Å². The number of unbranched alkanes of at least 4 members (excludes halogenated alkanes) is 3. The molecule has 1 fully saturated rings. The van der Waals surface area contributed by atoms with Crippen molar-refractivity contribution in [2.45, 2.75) is 83.3 Å². The van der Waals surface area contributed by atoms with Crippen molar-refractivity contribution in [2.24, 2.45) is 5.92 Å². The molecular weight excluding hydrogens is 402 g/mol. The van der Waals surface area contributed by atoms with Crippen molar-refractivity contribution in [3.63, 3.8) is 0 Å². The van der Waals surface area contributed by atoms with Crippen molar-refractivity contribution in [3.05, 3.63) is 48.0 Å². The van der Waals surface area contributed by atoms with Crippen LogP contribution < -0.4 is 0 Å². The number of carbonyl (C=O) groups is 2. The summed E-state index contributed by atoms with van der Waals surface area (Å²) in [6, 6.07) is 10.3. The van der Waals surface area contributed by atoms with E-state index in [0.717, 1.165) is 38.5 Å². The molecule has 2 N–H and O–H groups in total. The topological polar surface area (TPSA) is 77.8 Å². The molecule has 1 heterocycles. The van der Waals surface area contributed by atoms with E-state index in [1.165, 1.54) is 5.56 Å². The Hall–Kier alpha value is -2.58. The van der Waals surface area contributed by atoms with Crippen molar-refractivity contribution in [3.8, 4) is 11.8 Å². The highest BCUT2D eigenvalue weighted by Gasteiger charge is 2.28. The fourth-order valence-corrected chi connectivity index (χ4v) is 3.88. The second kappa shape index (κ2) is 14.5. The minimum Gasteiger partial charge on any atom is -0.481 e. The highest BCUT2D eigenvalue weighted by Crippen LogP contribution is 2.22. The van der Waals surface area contributed by atoms with Crippen LogP contribution in [0, 0.1) is 17.8 Å². The number of carboxylic acid groups (broad SMARTS) is 1. The van der Waals surface area contributed by atoms with Gasteiger partial charge in [-0.25, -0.2) is 0 Å². The normalized spacial score (nSPS) is 17.9. The molecule has 1 amide bonds. The van der Waals surface area contributed by atoms with Crippen LogP contribution in [-0.4, -0.2) is 45.7 Å². The molecule has 0 radical (unpaired) electrons. The van der Waals surface area contributed by atoms with Crippen LogP contribution in [0.3, 0.4) is 0 Å². The maximum atomic E-state index is 12.2. The van der Waals surface area contributed by atoms with E-state index >= 15 is 0 Å². The van der Waals surface area contributed by atoms with Crippen LogP contribution in [0.15, 0.2) is 42.5 Å². The van der Waals surface area contributed by atoms with Crippen molar-refractivity contribution in [1.29, 1.82) is 0 Å². The quantitative estimate of drug-likeness (QED) is 0.268. The molecule has 174 valence electrons. The first-order valence-corrected chi connectivity index (χ1v) is 11.8. The van der Waals surface area contributed by atoms with Crippen LogP contribution in [-0.2, 0) is 16.0 Å². The number of aryl methyl sites for hydroxylation is 1. The molecule has 0 bridgehead atoms. The number of carboxylic acids is 1. The summed E-state index contributed by atoms with van der Waals surface area (Å²) in [6.07, 6.45) is 10.5. The predicted octanol–water partition coefficient (Wildman–Crippen LogP) is 4.59. The van der Waals surface area contributed by atoms with Crippen molar-refractivity contribution < 1.29 is 19.8 Å². The number of aliphatic hydroxyl groups is 1. The number of carbonyl (C=O) groups excluding carboxylic acids is 1. The maximum absolute atomic E-state index is 12.2. The Labute approximate surface area is 192 Å². The summed E-state index contributed by atoms with van der Waals surface area (Å²) in [7, 11) is 0. The molecule has 1 aliphatic heterocycles. The smallest absolute Gasteiger partial charge is 0.303 e. The fraction of sp³-hybridized carbons (Fsp3) is 0.556. The summed E-state index contributed by atoms with van der Waals surface area (Å²) in [6.45, 7) is 2.69. The van der Waals surface area contributed by atoms with E-state index in [9.17, 15) is 14.7 Å². The molecule has 0 aliphatic carbocycles. The molecule has 32 heavy (non-hydrogen) atoms. The van der Waals surface area contributed by atoms with Gasteiger partial charge >= 0.3 is 5.97 Å². The van der Waals surface area contributed by atoms with E-state index in [1.807, 2.05) is 42.2 Å². The second-order valence-electron chi connectivity index (χ2n) is 8.65. The molecule has 1 saturated heterocycles. The Kier molecular flexibility index (Phi) is 11.6. The lowest BCUT2D eigenvalue weighted by Gasteiger charge is -2.23. The standard InChI is InChI=1S/C27H37NO4/c1-22(12-6-4-7-13-23-14-8-5-9-15-23)25(29)19-17-24-18-20-26(30)28(24)21-11-3-2-10-16-27(31)32/h5,8-9,14-15,17,19,22,24-25,29H,2-3,7,10-13,16,18,20-21H2,1H3,(H,31,32)/t22-,24-,25-/m0/s1. The SMILES string of the molecule is C[C@@H](CC#CCCc1ccccc1)[C@@H](O)C=C[C@H]1CCC(=O)N1CCCCCCC(=O)O. The van der Waals surface area contributed by atoms with Crippen LogP contribution >= 0.6 is 0 Å². The lowest BCUT2D eigenvalue weighted by molar-refractivity contribution is -0.137. The van der Waals surface area contributed by atoms with E-state index in [-0.39, 0.29) is 24.3 Å². The van der Waals surface area contributed by atoms with Gasteiger partial charge in [-0.05, 0) is 37.2 Å². The molecule has 1 aromatic carbocycles. The monoisotopic (exact) mass is 439 g/mol. The fourth-order valence-electron chi connectivity index (χ4n) is 3.88. The third-order valence-electron chi connectivity index (χ3n) is 5.96. The van der Waals surface area contributed by atoms with Gasteiger partial charge in [-0.3, -0.25) is 9.59 Å². The molecule has 0 saturated carbocycles. The van der Waals surface area contributed by atoms with Gasteiger partial charge in [0.2, 0.25) is 5.91 Å². The minimum absolute atomic E-state index is 0.0373. The molecule has 0 aromatic heterocycles. The van der Waals surface area contributed by atoms with Crippen LogP contribution in [0.4, 0.5) is 0 Å². The number of hydrogen-bond acceptors (Lipinski definition) is 3. The van der Waals surface area contributed by atoms with Gasteiger partial charge in [0.25, 0.3) is 0 Å². The summed E-state index contributed by atoms with van der Waals surface area (Å²) in [5.41, 5.74) is 1.29. The lowest BCUT2D eigenvalue weighted by atomic mass is 9.99. The first-order valence-electron chi connectivity index (χ1n) is 11.8. The summed E-state index contributed by atoms with van der Waals surface area (Å²) in [5, 5.41) is 19.2. The minimum atomic E-state index is -0.754. The molecule has 0 unspecified atom stereocenters. The van der Waals surface area contributed by atoms with E-state index in [4.69, 9.17) is 5.11 Å². The summed E-state index contributed by atoms with van der Waals surface area (Å²) < 4.78 is 0. The van der Waals surface area contributed by atoms with Crippen molar-refractivity contribution in [2.75, 3.05) is 6.54 Å². The summed E-state index contributed by atoms with van der Waals surface area (Å²) in [5.74, 6) is 5.84. The number of rotatable bonds is 13. The third kappa shape index (κ3) is 9.70. The molecular formula is C27H37NO4. The Balaban J connectivity index is 1.69. The Bertz CT molecular complexity index is 793. The molecule has 5 heteroatoms. The molecule has 0 spiro atoms. The number of likely N-dealkylation sites (tertiary alicyclic amines) is 1. The number of benzene rings is 1. The number of nitrogens with zero attached hydrogens (tertiary/aromatic N) is 1. The Morgan fingerprint density at radius 1 is 1.19 bits per heavy atom. The maximum Gasteiger partial charge on any atom is 0.303 e. The third-order valence-corrected chi connectivity index (χ3v) is 5.96. The van der Waals surface area contributed by atoms with Crippen LogP contribution in [0.1, 0.15) is 70.3 Å². The number of hydrogen-bond donors (Lipinski definition) is 2. The zero-order valence-electron chi connectivity index (χ0n) is 19.2.